The molecule has 0 amide bonds. The standard InChI is InChI=1S/C6H12INO/c1-6(7)2-3-8-4-5-9-6/h8H,2-5H2,1H3. The SMILES string of the molecule is CC1(I)CCNCCO1. The molecule has 1 aliphatic rings. The highest BCUT2D eigenvalue weighted by atomic mass is 127. The Morgan fingerprint density at radius 2 is 2.33 bits per heavy atom. The first-order valence-corrected chi connectivity index (χ1v) is 4.32. The van der Waals surface area contributed by atoms with Crippen molar-refractivity contribution < 1.29 is 4.74 Å². The fourth-order valence-electron chi connectivity index (χ4n) is 0.845. The van der Waals surface area contributed by atoms with Crippen molar-refractivity contribution in [2.75, 3.05) is 19.7 Å². The highest BCUT2D eigenvalue weighted by Gasteiger charge is 2.21. The van der Waals surface area contributed by atoms with Gasteiger partial charge in [0.05, 0.1) is 6.61 Å². The molecule has 1 heterocycles. The molecule has 9 heavy (non-hydrogen) atoms. The Morgan fingerprint density at radius 3 is 3.11 bits per heavy atom. The highest BCUT2D eigenvalue weighted by Crippen LogP contribution is 2.24. The van der Waals surface area contributed by atoms with E-state index in [-0.39, 0.29) is 3.61 Å². The molecule has 1 aliphatic heterocycles. The van der Waals surface area contributed by atoms with Crippen LogP contribution in [0.2, 0.25) is 0 Å². The van der Waals surface area contributed by atoms with Crippen molar-refractivity contribution >= 4 is 22.6 Å². The Hall–Kier alpha value is 0.650. The predicted octanol–water partition coefficient (Wildman–Crippen LogP) is 1.15. The summed E-state index contributed by atoms with van der Waals surface area (Å²) in [5, 5.41) is 3.27. The first-order chi connectivity index (χ1) is 4.21. The molecule has 1 saturated heterocycles. The number of hydrogen-bond donors (Lipinski definition) is 1. The zero-order valence-electron chi connectivity index (χ0n) is 5.61. The monoisotopic (exact) mass is 241 g/mol. The molecule has 0 bridgehead atoms. The Labute approximate surface area is 69.5 Å². The summed E-state index contributed by atoms with van der Waals surface area (Å²) < 4.78 is 5.59. The summed E-state index contributed by atoms with van der Waals surface area (Å²) in [7, 11) is 0. The van der Waals surface area contributed by atoms with Gasteiger partial charge in [0.25, 0.3) is 0 Å². The van der Waals surface area contributed by atoms with E-state index in [9.17, 15) is 0 Å². The van der Waals surface area contributed by atoms with E-state index in [1.807, 2.05) is 0 Å². The third-order valence-electron chi connectivity index (χ3n) is 1.43. The Morgan fingerprint density at radius 1 is 1.56 bits per heavy atom. The molecule has 2 nitrogen and oxygen atoms in total. The quantitative estimate of drug-likeness (QED) is 0.507. The third-order valence-corrected chi connectivity index (χ3v) is 2.28. The second-order valence-corrected chi connectivity index (χ2v) is 4.73. The van der Waals surface area contributed by atoms with Gasteiger partial charge in [0.2, 0.25) is 0 Å². The maximum atomic E-state index is 5.51. The Balaban J connectivity index is 2.36. The first-order valence-electron chi connectivity index (χ1n) is 3.24. The Bertz CT molecular complexity index is 85.1. The normalized spacial score (nSPS) is 38.0. The van der Waals surface area contributed by atoms with Crippen molar-refractivity contribution in [3.63, 3.8) is 0 Å². The average molecular weight is 241 g/mol. The minimum Gasteiger partial charge on any atom is -0.364 e. The number of rotatable bonds is 0. The van der Waals surface area contributed by atoms with Gasteiger partial charge in [-0.1, -0.05) is 0 Å². The van der Waals surface area contributed by atoms with Gasteiger partial charge in [-0.3, -0.25) is 0 Å². The summed E-state index contributed by atoms with van der Waals surface area (Å²) in [6, 6.07) is 0. The lowest BCUT2D eigenvalue weighted by atomic mass is 10.3. The lowest BCUT2D eigenvalue weighted by molar-refractivity contribution is 0.0645. The molecule has 0 radical (unpaired) electrons. The number of alkyl halides is 1. The van der Waals surface area contributed by atoms with Crippen LogP contribution < -0.4 is 5.32 Å². The van der Waals surface area contributed by atoms with Gasteiger partial charge in [0.1, 0.15) is 3.61 Å². The van der Waals surface area contributed by atoms with Crippen LogP contribution in [0, 0.1) is 0 Å². The molecule has 0 aromatic carbocycles. The number of nitrogens with one attached hydrogen (secondary N) is 1. The number of ether oxygens (including phenoxy) is 1. The van der Waals surface area contributed by atoms with Crippen LogP contribution in [-0.2, 0) is 4.74 Å². The van der Waals surface area contributed by atoms with E-state index < -0.39 is 0 Å². The van der Waals surface area contributed by atoms with Crippen LogP contribution in [0.4, 0.5) is 0 Å². The largest absolute Gasteiger partial charge is 0.364 e. The lowest BCUT2D eigenvalue weighted by Gasteiger charge is -2.19. The van der Waals surface area contributed by atoms with Crippen LogP contribution in [0.25, 0.3) is 0 Å². The predicted molar refractivity (Wildman–Crippen MR) is 45.9 cm³/mol. The molecule has 0 aromatic rings. The molecule has 0 spiro atoms. The summed E-state index contributed by atoms with van der Waals surface area (Å²) in [5.41, 5.74) is 0. The van der Waals surface area contributed by atoms with E-state index in [0.29, 0.717) is 0 Å². The molecular formula is C6H12INO. The van der Waals surface area contributed by atoms with Crippen LogP contribution >= 0.6 is 22.6 Å². The van der Waals surface area contributed by atoms with Crippen molar-refractivity contribution in [1.82, 2.24) is 5.32 Å². The molecular weight excluding hydrogens is 229 g/mol. The third kappa shape index (κ3) is 2.82. The van der Waals surface area contributed by atoms with E-state index in [2.05, 4.69) is 34.8 Å². The summed E-state index contributed by atoms with van der Waals surface area (Å²) in [4.78, 5) is 0. The van der Waals surface area contributed by atoms with E-state index in [1.54, 1.807) is 0 Å². The molecule has 1 N–H and O–H groups in total. The lowest BCUT2D eigenvalue weighted by Crippen LogP contribution is -2.20. The van der Waals surface area contributed by atoms with Gasteiger partial charge in [0.15, 0.2) is 0 Å². The van der Waals surface area contributed by atoms with Gasteiger partial charge in [-0.15, -0.1) is 0 Å². The molecule has 1 fully saturated rings. The minimum atomic E-state index is 0.0707. The molecule has 0 aromatic heterocycles. The fourth-order valence-corrected chi connectivity index (χ4v) is 1.33. The smallest absolute Gasteiger partial charge is 0.117 e. The van der Waals surface area contributed by atoms with Gasteiger partial charge in [-0.05, 0) is 42.5 Å². The van der Waals surface area contributed by atoms with Gasteiger partial charge < -0.3 is 10.1 Å². The zero-order valence-corrected chi connectivity index (χ0v) is 7.77. The molecule has 1 atom stereocenters. The van der Waals surface area contributed by atoms with Gasteiger partial charge in [-0.2, -0.15) is 0 Å². The maximum Gasteiger partial charge on any atom is 0.117 e. The van der Waals surface area contributed by atoms with E-state index >= 15 is 0 Å². The summed E-state index contributed by atoms with van der Waals surface area (Å²) in [6.45, 7) is 5.05. The maximum absolute atomic E-state index is 5.51. The van der Waals surface area contributed by atoms with E-state index in [1.165, 1.54) is 0 Å². The molecule has 0 saturated carbocycles. The first kappa shape index (κ1) is 7.75. The summed E-state index contributed by atoms with van der Waals surface area (Å²) in [5.74, 6) is 0. The van der Waals surface area contributed by atoms with Crippen molar-refractivity contribution in [3.8, 4) is 0 Å². The van der Waals surface area contributed by atoms with Crippen LogP contribution in [0.3, 0.4) is 0 Å². The second-order valence-electron chi connectivity index (χ2n) is 2.45. The van der Waals surface area contributed by atoms with Gasteiger partial charge in [-0.25, -0.2) is 0 Å². The number of halogens is 1. The van der Waals surface area contributed by atoms with Crippen molar-refractivity contribution in [2.45, 2.75) is 17.0 Å². The van der Waals surface area contributed by atoms with Crippen LogP contribution in [0.5, 0.6) is 0 Å². The molecule has 3 heteroatoms. The highest BCUT2D eigenvalue weighted by molar-refractivity contribution is 14.1. The van der Waals surface area contributed by atoms with Crippen LogP contribution in [0.1, 0.15) is 13.3 Å². The van der Waals surface area contributed by atoms with Crippen LogP contribution in [0.15, 0.2) is 0 Å². The number of hydrogen-bond acceptors (Lipinski definition) is 2. The zero-order chi connectivity index (χ0) is 6.74. The fraction of sp³-hybridized carbons (Fsp3) is 1.00. The van der Waals surface area contributed by atoms with E-state index in [4.69, 9.17) is 4.74 Å². The van der Waals surface area contributed by atoms with Crippen molar-refractivity contribution in [3.05, 3.63) is 0 Å². The topological polar surface area (TPSA) is 21.3 Å². The van der Waals surface area contributed by atoms with Crippen LogP contribution in [-0.4, -0.2) is 23.3 Å². The molecule has 54 valence electrons. The van der Waals surface area contributed by atoms with Gasteiger partial charge >= 0.3 is 0 Å². The Kier molecular flexibility index (Phi) is 2.73. The van der Waals surface area contributed by atoms with Crippen molar-refractivity contribution in [1.29, 1.82) is 0 Å². The minimum absolute atomic E-state index is 0.0707. The van der Waals surface area contributed by atoms with Gasteiger partial charge in [0, 0.05) is 6.54 Å². The molecule has 0 aliphatic carbocycles. The molecule has 1 unspecified atom stereocenters. The summed E-state index contributed by atoms with van der Waals surface area (Å²) >= 11 is 2.35. The second kappa shape index (κ2) is 3.16. The molecule has 1 rings (SSSR count). The average Bonchev–Trinajstić information content (AvgIpc) is 1.92. The van der Waals surface area contributed by atoms with E-state index in [0.717, 1.165) is 26.1 Å². The summed E-state index contributed by atoms with van der Waals surface area (Å²) in [6.07, 6.45) is 1.10. The van der Waals surface area contributed by atoms with Crippen molar-refractivity contribution in [2.24, 2.45) is 0 Å².